The van der Waals surface area contributed by atoms with Gasteiger partial charge >= 0.3 is 0 Å². The molecule has 1 saturated heterocycles. The molecule has 1 aliphatic heterocycles. The van der Waals surface area contributed by atoms with Crippen LogP contribution in [0.15, 0.2) is 24.8 Å². The van der Waals surface area contributed by atoms with Crippen LogP contribution in [0.3, 0.4) is 0 Å². The van der Waals surface area contributed by atoms with Crippen molar-refractivity contribution in [1.29, 1.82) is 0 Å². The number of alkyl halides is 1. The first-order valence-corrected chi connectivity index (χ1v) is 15.5. The normalized spacial score (nSPS) is 31.1. The molecule has 3 aliphatic rings. The highest BCUT2D eigenvalue weighted by Crippen LogP contribution is 2.40. The van der Waals surface area contributed by atoms with Crippen molar-refractivity contribution in [2.24, 2.45) is 23.7 Å². The third-order valence-electron chi connectivity index (χ3n) is 9.75. The summed E-state index contributed by atoms with van der Waals surface area (Å²) in [7, 11) is 0. The largest absolute Gasteiger partial charge is 0.490 e. The van der Waals surface area contributed by atoms with Gasteiger partial charge in [0.15, 0.2) is 11.6 Å². The maximum atomic E-state index is 15.0. The van der Waals surface area contributed by atoms with Gasteiger partial charge in [0, 0.05) is 13.0 Å². The van der Waals surface area contributed by atoms with E-state index in [9.17, 15) is 8.78 Å². The Morgan fingerprint density at radius 3 is 2.39 bits per heavy atom. The highest BCUT2D eigenvalue weighted by atomic mass is 19.2. The van der Waals surface area contributed by atoms with Crippen molar-refractivity contribution in [2.75, 3.05) is 13.2 Å². The summed E-state index contributed by atoms with van der Waals surface area (Å²) in [5, 5.41) is 0. The second-order valence-corrected chi connectivity index (χ2v) is 12.3. The molecule has 0 radical (unpaired) electrons. The minimum Gasteiger partial charge on any atom is -0.490 e. The fraction of sp³-hybridized carbons (Fsp3) is 0.758. The van der Waals surface area contributed by atoms with Gasteiger partial charge in [-0.25, -0.2) is 8.78 Å². The molecule has 3 fully saturated rings. The summed E-state index contributed by atoms with van der Waals surface area (Å²) in [6, 6.07) is 3.17. The van der Waals surface area contributed by atoms with Crippen molar-refractivity contribution in [2.45, 2.75) is 121 Å². The number of allylic oxidation sites excluding steroid dienone is 1. The Hall–Kier alpha value is -1.49. The zero-order chi connectivity index (χ0) is 26.9. The van der Waals surface area contributed by atoms with E-state index in [0.717, 1.165) is 70.3 Å². The number of ether oxygens (including phenoxy) is 2. The van der Waals surface area contributed by atoms with Crippen LogP contribution >= 0.6 is 0 Å². The highest BCUT2D eigenvalue weighted by Gasteiger charge is 2.34. The number of benzene rings is 1. The van der Waals surface area contributed by atoms with Gasteiger partial charge < -0.3 is 9.47 Å². The minimum atomic E-state index is -0.974. The molecule has 3 atom stereocenters. The van der Waals surface area contributed by atoms with Gasteiger partial charge in [0.25, 0.3) is 0 Å². The fourth-order valence-electron chi connectivity index (χ4n) is 7.14. The summed E-state index contributed by atoms with van der Waals surface area (Å²) in [6.07, 6.45) is 16.5. The van der Waals surface area contributed by atoms with Gasteiger partial charge in [0.05, 0.1) is 12.7 Å². The molecular formula is C33H49F3O2. The molecule has 0 bridgehead atoms. The standard InChI is InChI=1S/C33H49F3O2/c1-3-5-6-7-24-10-18-30(38-22-24)27-15-13-26(14-16-27)29(34)20-21-37-31-19-17-28(32(35)33(31)36)25-11-8-23(4-2)9-12-25/h4,17,19,23-27,29-30H,2-3,5-16,18,20-22H2,1H3. The molecule has 2 saturated carbocycles. The van der Waals surface area contributed by atoms with Crippen molar-refractivity contribution in [3.8, 4) is 5.75 Å². The Labute approximate surface area is 228 Å². The lowest BCUT2D eigenvalue weighted by molar-refractivity contribution is -0.0622. The number of hydrogen-bond donors (Lipinski definition) is 0. The first kappa shape index (κ1) is 29.5. The van der Waals surface area contributed by atoms with Crippen LogP contribution in [0.25, 0.3) is 0 Å². The van der Waals surface area contributed by atoms with E-state index in [-0.39, 0.29) is 30.6 Å². The van der Waals surface area contributed by atoms with E-state index < -0.39 is 17.8 Å². The smallest absolute Gasteiger partial charge is 0.200 e. The molecule has 4 rings (SSSR count). The molecular weight excluding hydrogens is 485 g/mol. The van der Waals surface area contributed by atoms with Crippen LogP contribution < -0.4 is 4.74 Å². The van der Waals surface area contributed by atoms with Gasteiger partial charge in [-0.1, -0.05) is 38.3 Å². The second kappa shape index (κ2) is 14.8. The lowest BCUT2D eigenvalue weighted by atomic mass is 9.75. The van der Waals surface area contributed by atoms with Crippen molar-refractivity contribution in [3.63, 3.8) is 0 Å². The molecule has 2 nitrogen and oxygen atoms in total. The molecule has 1 aromatic carbocycles. The average molecular weight is 535 g/mol. The third kappa shape index (κ3) is 7.79. The van der Waals surface area contributed by atoms with Crippen LogP contribution in [0.5, 0.6) is 5.75 Å². The van der Waals surface area contributed by atoms with Crippen LogP contribution in [-0.4, -0.2) is 25.5 Å². The monoisotopic (exact) mass is 534 g/mol. The minimum absolute atomic E-state index is 0.0230. The lowest BCUT2D eigenvalue weighted by Gasteiger charge is -2.38. The van der Waals surface area contributed by atoms with Gasteiger partial charge in [-0.15, -0.1) is 6.58 Å². The lowest BCUT2D eigenvalue weighted by Crippen LogP contribution is -2.35. The molecule has 1 heterocycles. The molecule has 214 valence electrons. The van der Waals surface area contributed by atoms with E-state index >= 15 is 4.39 Å². The number of halogens is 3. The van der Waals surface area contributed by atoms with Gasteiger partial charge in [-0.3, -0.25) is 0 Å². The molecule has 0 N–H and O–H groups in total. The summed E-state index contributed by atoms with van der Waals surface area (Å²) < 4.78 is 56.4. The maximum Gasteiger partial charge on any atom is 0.200 e. The van der Waals surface area contributed by atoms with E-state index in [1.807, 2.05) is 6.08 Å². The van der Waals surface area contributed by atoms with E-state index in [2.05, 4.69) is 13.5 Å². The van der Waals surface area contributed by atoms with Crippen LogP contribution in [0, 0.1) is 35.3 Å². The number of rotatable bonds is 12. The van der Waals surface area contributed by atoms with E-state index in [1.54, 1.807) is 6.07 Å². The van der Waals surface area contributed by atoms with E-state index in [0.29, 0.717) is 23.5 Å². The van der Waals surface area contributed by atoms with Crippen LogP contribution in [0.2, 0.25) is 0 Å². The summed E-state index contributed by atoms with van der Waals surface area (Å²) in [6.45, 7) is 7.05. The average Bonchev–Trinajstić information content (AvgIpc) is 2.96. The van der Waals surface area contributed by atoms with E-state index in [4.69, 9.17) is 9.47 Å². The Bertz CT molecular complexity index is 850. The third-order valence-corrected chi connectivity index (χ3v) is 9.75. The predicted molar refractivity (Wildman–Crippen MR) is 148 cm³/mol. The van der Waals surface area contributed by atoms with Crippen LogP contribution in [0.4, 0.5) is 13.2 Å². The van der Waals surface area contributed by atoms with Gasteiger partial charge in [-0.05, 0) is 112 Å². The van der Waals surface area contributed by atoms with Gasteiger partial charge in [-0.2, -0.15) is 4.39 Å². The van der Waals surface area contributed by atoms with Crippen molar-refractivity contribution < 1.29 is 22.6 Å². The Kier molecular flexibility index (Phi) is 11.5. The summed E-state index contributed by atoms with van der Waals surface area (Å²) in [4.78, 5) is 0. The maximum absolute atomic E-state index is 15.0. The predicted octanol–water partition coefficient (Wildman–Crippen LogP) is 9.71. The second-order valence-electron chi connectivity index (χ2n) is 12.3. The molecule has 1 aromatic rings. The molecule has 2 aliphatic carbocycles. The van der Waals surface area contributed by atoms with Crippen molar-refractivity contribution >= 4 is 0 Å². The van der Waals surface area contributed by atoms with Gasteiger partial charge in [0.2, 0.25) is 5.82 Å². The first-order chi connectivity index (χ1) is 18.5. The zero-order valence-corrected chi connectivity index (χ0v) is 23.5. The first-order valence-electron chi connectivity index (χ1n) is 15.5. The Balaban J connectivity index is 1.16. The quantitative estimate of drug-likeness (QED) is 0.196. The number of unbranched alkanes of at least 4 members (excludes halogenated alkanes) is 2. The SMILES string of the molecule is C=CC1CCC(c2ccc(OCCC(F)C3CCC(C4CCC(CCCCC)CO4)CC3)c(F)c2F)CC1. The summed E-state index contributed by atoms with van der Waals surface area (Å²) in [5.74, 6) is -0.0596. The van der Waals surface area contributed by atoms with E-state index in [1.165, 1.54) is 38.2 Å². The molecule has 0 spiro atoms. The Morgan fingerprint density at radius 2 is 1.74 bits per heavy atom. The molecule has 5 heteroatoms. The molecule has 38 heavy (non-hydrogen) atoms. The van der Waals surface area contributed by atoms with Crippen LogP contribution in [0.1, 0.15) is 115 Å². The number of hydrogen-bond acceptors (Lipinski definition) is 2. The Morgan fingerprint density at radius 1 is 0.974 bits per heavy atom. The molecule has 3 unspecified atom stereocenters. The topological polar surface area (TPSA) is 18.5 Å². The van der Waals surface area contributed by atoms with Gasteiger partial charge in [0.1, 0.15) is 6.17 Å². The van der Waals surface area contributed by atoms with Crippen molar-refractivity contribution in [3.05, 3.63) is 42.0 Å². The molecule has 0 aromatic heterocycles. The molecule has 0 amide bonds. The summed E-state index contributed by atoms with van der Waals surface area (Å²) >= 11 is 0. The van der Waals surface area contributed by atoms with Crippen LogP contribution in [-0.2, 0) is 4.74 Å². The fourth-order valence-corrected chi connectivity index (χ4v) is 7.14. The summed E-state index contributed by atoms with van der Waals surface area (Å²) in [5.41, 5.74) is 0.437. The zero-order valence-electron chi connectivity index (χ0n) is 23.5. The highest BCUT2D eigenvalue weighted by molar-refractivity contribution is 5.33. The van der Waals surface area contributed by atoms with Crippen molar-refractivity contribution in [1.82, 2.24) is 0 Å².